The number of amides is 1. The number of hydrogen-bond donors (Lipinski definition) is 1. The Morgan fingerprint density at radius 3 is 2.55 bits per heavy atom. The standard InChI is InChI=1S/C19H16ClF3N4OS/c1-11-17(12(2)27(26-11)14-6-4-3-5-7-14)25-16(28)10-29-18-15(20)8-13(9-24-18)19(21,22)23/h3-9H,10H2,1-2H3,(H,25,28). The minimum atomic E-state index is -4.52. The van der Waals surface area contributed by atoms with Crippen LogP contribution in [0.5, 0.6) is 0 Å². The molecule has 0 aliphatic heterocycles. The molecule has 0 bridgehead atoms. The second kappa shape index (κ2) is 8.46. The molecule has 2 heterocycles. The van der Waals surface area contributed by atoms with E-state index >= 15 is 0 Å². The molecule has 29 heavy (non-hydrogen) atoms. The first-order chi connectivity index (χ1) is 13.7. The number of carbonyl (C=O) groups is 1. The van der Waals surface area contributed by atoms with E-state index in [-0.39, 0.29) is 21.7 Å². The Morgan fingerprint density at radius 1 is 1.24 bits per heavy atom. The first-order valence-corrected chi connectivity index (χ1v) is 9.80. The van der Waals surface area contributed by atoms with E-state index in [0.29, 0.717) is 17.6 Å². The van der Waals surface area contributed by atoms with Gasteiger partial charge in [-0.2, -0.15) is 18.3 Å². The van der Waals surface area contributed by atoms with Gasteiger partial charge in [-0.1, -0.05) is 41.6 Å². The molecule has 1 aromatic carbocycles. The fourth-order valence-electron chi connectivity index (χ4n) is 2.64. The van der Waals surface area contributed by atoms with Gasteiger partial charge in [0.15, 0.2) is 0 Å². The second-order valence-corrected chi connectivity index (χ2v) is 7.51. The predicted octanol–water partition coefficient (Wildman–Crippen LogP) is 5.29. The number of aryl methyl sites for hydroxylation is 1. The highest BCUT2D eigenvalue weighted by atomic mass is 35.5. The molecule has 5 nitrogen and oxygen atoms in total. The summed E-state index contributed by atoms with van der Waals surface area (Å²) in [4.78, 5) is 16.1. The molecular weight excluding hydrogens is 425 g/mol. The molecule has 1 amide bonds. The number of alkyl halides is 3. The number of nitrogens with one attached hydrogen (secondary N) is 1. The van der Waals surface area contributed by atoms with Gasteiger partial charge in [-0.05, 0) is 32.0 Å². The topological polar surface area (TPSA) is 59.8 Å². The molecule has 0 saturated carbocycles. The van der Waals surface area contributed by atoms with Gasteiger partial charge in [0.05, 0.1) is 39.1 Å². The third kappa shape index (κ3) is 4.91. The number of aromatic nitrogens is 3. The number of anilines is 1. The molecule has 0 atom stereocenters. The quantitative estimate of drug-likeness (QED) is 0.548. The summed E-state index contributed by atoms with van der Waals surface area (Å²) in [5, 5.41) is 7.26. The highest BCUT2D eigenvalue weighted by Gasteiger charge is 2.31. The lowest BCUT2D eigenvalue weighted by Gasteiger charge is -2.09. The Labute approximate surface area is 174 Å². The molecule has 0 saturated heterocycles. The molecule has 0 unspecified atom stereocenters. The first kappa shape index (κ1) is 21.2. The molecular formula is C19H16ClF3N4OS. The summed E-state index contributed by atoms with van der Waals surface area (Å²) in [5.41, 5.74) is 1.93. The number of rotatable bonds is 5. The molecule has 1 N–H and O–H groups in total. The van der Waals surface area contributed by atoms with Crippen molar-refractivity contribution >= 4 is 35.0 Å². The van der Waals surface area contributed by atoms with Crippen LogP contribution in [0.2, 0.25) is 5.02 Å². The van der Waals surface area contributed by atoms with Gasteiger partial charge in [-0.25, -0.2) is 9.67 Å². The average Bonchev–Trinajstić information content (AvgIpc) is 2.95. The van der Waals surface area contributed by atoms with Crippen molar-refractivity contribution in [1.29, 1.82) is 0 Å². The number of halogens is 4. The Kier molecular flexibility index (Phi) is 6.18. The summed E-state index contributed by atoms with van der Waals surface area (Å²) in [6.07, 6.45) is -3.82. The Bertz CT molecular complexity index is 1040. The predicted molar refractivity (Wildman–Crippen MR) is 107 cm³/mol. The molecule has 3 rings (SSSR count). The van der Waals surface area contributed by atoms with E-state index in [9.17, 15) is 18.0 Å². The zero-order valence-electron chi connectivity index (χ0n) is 15.4. The van der Waals surface area contributed by atoms with E-state index in [1.807, 2.05) is 37.3 Å². The number of para-hydroxylation sites is 1. The van der Waals surface area contributed by atoms with E-state index in [1.54, 1.807) is 11.6 Å². The highest BCUT2D eigenvalue weighted by molar-refractivity contribution is 8.00. The zero-order valence-corrected chi connectivity index (χ0v) is 17.0. The van der Waals surface area contributed by atoms with Crippen LogP contribution in [-0.2, 0) is 11.0 Å². The van der Waals surface area contributed by atoms with Gasteiger partial charge >= 0.3 is 6.18 Å². The molecule has 0 spiro atoms. The van der Waals surface area contributed by atoms with Gasteiger partial charge < -0.3 is 5.32 Å². The minimum absolute atomic E-state index is 0.0620. The molecule has 0 fully saturated rings. The van der Waals surface area contributed by atoms with Crippen molar-refractivity contribution in [2.45, 2.75) is 25.0 Å². The van der Waals surface area contributed by atoms with Gasteiger partial charge in [0.2, 0.25) is 5.91 Å². The van der Waals surface area contributed by atoms with Crippen molar-refractivity contribution < 1.29 is 18.0 Å². The van der Waals surface area contributed by atoms with E-state index in [2.05, 4.69) is 15.4 Å². The molecule has 2 aromatic heterocycles. The smallest absolute Gasteiger partial charge is 0.322 e. The monoisotopic (exact) mass is 440 g/mol. The Morgan fingerprint density at radius 2 is 1.93 bits per heavy atom. The summed E-state index contributed by atoms with van der Waals surface area (Å²) in [7, 11) is 0. The minimum Gasteiger partial charge on any atom is -0.322 e. The SMILES string of the molecule is Cc1nn(-c2ccccc2)c(C)c1NC(=O)CSc1ncc(C(F)(F)F)cc1Cl. The Balaban J connectivity index is 1.68. The van der Waals surface area contributed by atoms with Crippen molar-refractivity contribution in [3.8, 4) is 5.69 Å². The van der Waals surface area contributed by atoms with Crippen LogP contribution in [-0.4, -0.2) is 26.4 Å². The first-order valence-electron chi connectivity index (χ1n) is 8.44. The van der Waals surface area contributed by atoms with E-state index in [1.165, 1.54) is 0 Å². The number of hydrogen-bond acceptors (Lipinski definition) is 4. The molecule has 10 heteroatoms. The molecule has 3 aromatic rings. The van der Waals surface area contributed by atoms with Crippen molar-refractivity contribution in [3.63, 3.8) is 0 Å². The number of benzene rings is 1. The van der Waals surface area contributed by atoms with Gasteiger partial charge in [-0.3, -0.25) is 4.79 Å². The van der Waals surface area contributed by atoms with Crippen LogP contribution in [0, 0.1) is 13.8 Å². The molecule has 0 aliphatic rings. The summed E-state index contributed by atoms with van der Waals surface area (Å²) < 4.78 is 39.8. The number of carbonyl (C=O) groups excluding carboxylic acids is 1. The third-order valence-corrected chi connectivity index (χ3v) is 5.44. The van der Waals surface area contributed by atoms with E-state index in [0.717, 1.165) is 29.2 Å². The van der Waals surface area contributed by atoms with E-state index < -0.39 is 11.7 Å². The lowest BCUT2D eigenvalue weighted by Crippen LogP contribution is -2.15. The zero-order chi connectivity index (χ0) is 21.2. The van der Waals surface area contributed by atoms with Crippen molar-refractivity contribution in [2.75, 3.05) is 11.1 Å². The number of pyridine rings is 1. The maximum atomic E-state index is 12.7. The molecule has 0 aliphatic carbocycles. The fourth-order valence-corrected chi connectivity index (χ4v) is 3.63. The van der Waals surface area contributed by atoms with Crippen LogP contribution in [0.4, 0.5) is 18.9 Å². The highest BCUT2D eigenvalue weighted by Crippen LogP contribution is 2.33. The molecule has 152 valence electrons. The fraction of sp³-hybridized carbons (Fsp3) is 0.211. The van der Waals surface area contributed by atoms with Crippen LogP contribution in [0.25, 0.3) is 5.69 Å². The second-order valence-electron chi connectivity index (χ2n) is 6.14. The van der Waals surface area contributed by atoms with Crippen LogP contribution in [0.1, 0.15) is 17.0 Å². The van der Waals surface area contributed by atoms with Crippen LogP contribution >= 0.6 is 23.4 Å². The maximum absolute atomic E-state index is 12.7. The largest absolute Gasteiger partial charge is 0.417 e. The average molecular weight is 441 g/mol. The lowest BCUT2D eigenvalue weighted by atomic mass is 10.3. The van der Waals surface area contributed by atoms with Crippen LogP contribution in [0.3, 0.4) is 0 Å². The number of thioether (sulfide) groups is 1. The molecule has 0 radical (unpaired) electrons. The van der Waals surface area contributed by atoms with Gasteiger partial charge in [0, 0.05) is 6.20 Å². The van der Waals surface area contributed by atoms with E-state index in [4.69, 9.17) is 11.6 Å². The van der Waals surface area contributed by atoms with Gasteiger partial charge in [0.25, 0.3) is 0 Å². The summed E-state index contributed by atoms with van der Waals surface area (Å²) in [6.45, 7) is 3.62. The summed E-state index contributed by atoms with van der Waals surface area (Å²) >= 11 is 6.83. The normalized spacial score (nSPS) is 11.5. The third-order valence-electron chi connectivity index (χ3n) is 4.03. The van der Waals surface area contributed by atoms with Gasteiger partial charge in [0.1, 0.15) is 5.03 Å². The summed E-state index contributed by atoms with van der Waals surface area (Å²) in [5.74, 6) is -0.403. The van der Waals surface area contributed by atoms with Crippen LogP contribution in [0.15, 0.2) is 47.6 Å². The maximum Gasteiger partial charge on any atom is 0.417 e. The number of nitrogens with zero attached hydrogens (tertiary/aromatic N) is 3. The van der Waals surface area contributed by atoms with Crippen molar-refractivity contribution in [2.24, 2.45) is 0 Å². The Hall–Kier alpha value is -2.52. The van der Waals surface area contributed by atoms with Crippen molar-refractivity contribution in [3.05, 3.63) is 64.6 Å². The van der Waals surface area contributed by atoms with Crippen LogP contribution < -0.4 is 5.32 Å². The van der Waals surface area contributed by atoms with Gasteiger partial charge in [-0.15, -0.1) is 0 Å². The lowest BCUT2D eigenvalue weighted by molar-refractivity contribution is -0.137. The summed E-state index contributed by atoms with van der Waals surface area (Å²) in [6, 6.07) is 10.3. The van der Waals surface area contributed by atoms with Crippen molar-refractivity contribution in [1.82, 2.24) is 14.8 Å².